The lowest BCUT2D eigenvalue weighted by Gasteiger charge is -2.24. The summed E-state index contributed by atoms with van der Waals surface area (Å²) >= 11 is 0. The molecule has 1 saturated heterocycles. The van der Waals surface area contributed by atoms with Gasteiger partial charge in [0.15, 0.2) is 0 Å². The highest BCUT2D eigenvalue weighted by molar-refractivity contribution is 5.95. The van der Waals surface area contributed by atoms with Crippen LogP contribution >= 0.6 is 0 Å². The van der Waals surface area contributed by atoms with Gasteiger partial charge >= 0.3 is 0 Å². The summed E-state index contributed by atoms with van der Waals surface area (Å²) in [5.74, 6) is 5.79. The Morgan fingerprint density at radius 3 is 3.11 bits per heavy atom. The molecule has 5 nitrogen and oxygen atoms in total. The first-order chi connectivity index (χ1) is 8.76. The minimum Gasteiger partial charge on any atom is -0.497 e. The lowest BCUT2D eigenvalue weighted by molar-refractivity contribution is 0.0540. The summed E-state index contributed by atoms with van der Waals surface area (Å²) in [4.78, 5) is 18.9. The molecule has 18 heavy (non-hydrogen) atoms. The van der Waals surface area contributed by atoms with Crippen molar-refractivity contribution in [2.24, 2.45) is 5.90 Å². The summed E-state index contributed by atoms with van der Waals surface area (Å²) in [6.45, 7) is 1.14. The first kappa shape index (κ1) is 12.9. The van der Waals surface area contributed by atoms with Gasteiger partial charge in [0.05, 0.1) is 19.8 Å². The molecule has 1 aromatic rings. The van der Waals surface area contributed by atoms with E-state index in [1.165, 1.54) is 0 Å². The third-order valence-corrected chi connectivity index (χ3v) is 3.24. The minimum atomic E-state index is 0.00782. The monoisotopic (exact) mass is 250 g/mol. The molecule has 0 aliphatic carbocycles. The molecule has 0 saturated carbocycles. The fourth-order valence-electron chi connectivity index (χ4n) is 2.31. The Bertz CT molecular complexity index is 422. The molecule has 98 valence electrons. The maximum absolute atomic E-state index is 12.4. The normalized spacial score (nSPS) is 19.0. The number of ether oxygens (including phenoxy) is 1. The zero-order chi connectivity index (χ0) is 13.0. The number of carbonyl (C=O) groups excluding carboxylic acids is 1. The standard InChI is InChI=1S/C13H18N2O3/c1-17-12-6-2-4-10(8-12)13(16)15-7-3-5-11(15)9-18-14/h2,4,6,8,11H,3,5,7,9,14H2,1H3. The van der Waals surface area contributed by atoms with Gasteiger partial charge in [-0.05, 0) is 31.0 Å². The van der Waals surface area contributed by atoms with E-state index in [0.29, 0.717) is 17.9 Å². The molecule has 5 heteroatoms. The van der Waals surface area contributed by atoms with Crippen LogP contribution in [-0.4, -0.2) is 37.1 Å². The van der Waals surface area contributed by atoms with Crippen molar-refractivity contribution < 1.29 is 14.4 Å². The molecular weight excluding hydrogens is 232 g/mol. The number of likely N-dealkylation sites (tertiary alicyclic amines) is 1. The van der Waals surface area contributed by atoms with E-state index in [2.05, 4.69) is 4.84 Å². The van der Waals surface area contributed by atoms with Gasteiger partial charge in [0.2, 0.25) is 0 Å². The molecule has 0 radical (unpaired) electrons. The number of carbonyl (C=O) groups is 1. The Hall–Kier alpha value is -1.59. The van der Waals surface area contributed by atoms with Crippen molar-refractivity contribution in [1.29, 1.82) is 0 Å². The van der Waals surface area contributed by atoms with Crippen LogP contribution in [0.15, 0.2) is 24.3 Å². The Labute approximate surface area is 106 Å². The molecule has 2 rings (SSSR count). The van der Waals surface area contributed by atoms with Gasteiger partial charge in [0.1, 0.15) is 5.75 Å². The van der Waals surface area contributed by atoms with Crippen molar-refractivity contribution in [1.82, 2.24) is 4.90 Å². The predicted octanol–water partition coefficient (Wildman–Crippen LogP) is 1.19. The number of nitrogens with zero attached hydrogens (tertiary/aromatic N) is 1. The van der Waals surface area contributed by atoms with Crippen molar-refractivity contribution in [3.8, 4) is 5.75 Å². The highest BCUT2D eigenvalue weighted by atomic mass is 16.6. The molecule has 1 heterocycles. The number of hydrogen-bond donors (Lipinski definition) is 1. The highest BCUT2D eigenvalue weighted by Gasteiger charge is 2.29. The van der Waals surface area contributed by atoms with Crippen LogP contribution in [0, 0.1) is 0 Å². The van der Waals surface area contributed by atoms with Gasteiger partial charge in [0, 0.05) is 12.1 Å². The number of amides is 1. The van der Waals surface area contributed by atoms with Crippen molar-refractivity contribution in [2.75, 3.05) is 20.3 Å². The summed E-state index contributed by atoms with van der Waals surface area (Å²) in [7, 11) is 1.59. The van der Waals surface area contributed by atoms with Crippen LogP contribution in [0.1, 0.15) is 23.2 Å². The minimum absolute atomic E-state index is 0.00782. The quantitative estimate of drug-likeness (QED) is 0.815. The van der Waals surface area contributed by atoms with Crippen LogP contribution in [0.25, 0.3) is 0 Å². The van der Waals surface area contributed by atoms with E-state index in [1.807, 2.05) is 17.0 Å². The lowest BCUT2D eigenvalue weighted by Crippen LogP contribution is -2.38. The van der Waals surface area contributed by atoms with Gasteiger partial charge in [0.25, 0.3) is 5.91 Å². The summed E-state index contributed by atoms with van der Waals surface area (Å²) < 4.78 is 5.13. The van der Waals surface area contributed by atoms with E-state index in [-0.39, 0.29) is 11.9 Å². The zero-order valence-corrected chi connectivity index (χ0v) is 10.5. The number of methoxy groups -OCH3 is 1. The summed E-state index contributed by atoms with van der Waals surface area (Å²) in [6.07, 6.45) is 1.93. The average Bonchev–Trinajstić information content (AvgIpc) is 2.86. The molecule has 1 amide bonds. The molecule has 1 unspecified atom stereocenters. The highest BCUT2D eigenvalue weighted by Crippen LogP contribution is 2.21. The first-order valence-corrected chi connectivity index (χ1v) is 6.03. The van der Waals surface area contributed by atoms with Gasteiger partial charge in [-0.15, -0.1) is 0 Å². The van der Waals surface area contributed by atoms with Crippen LogP contribution in [0.2, 0.25) is 0 Å². The first-order valence-electron chi connectivity index (χ1n) is 6.03. The van der Waals surface area contributed by atoms with Gasteiger partial charge in [-0.2, -0.15) is 0 Å². The van der Waals surface area contributed by atoms with Crippen LogP contribution in [0.5, 0.6) is 5.75 Å². The average molecular weight is 250 g/mol. The molecule has 1 aromatic carbocycles. The number of rotatable bonds is 4. The number of nitrogens with two attached hydrogens (primary N) is 1. The summed E-state index contributed by atoms with van der Waals surface area (Å²) in [6, 6.07) is 7.26. The van der Waals surface area contributed by atoms with E-state index in [9.17, 15) is 4.79 Å². The fourth-order valence-corrected chi connectivity index (χ4v) is 2.31. The summed E-state index contributed by atoms with van der Waals surface area (Å²) in [5.41, 5.74) is 0.637. The second kappa shape index (κ2) is 5.84. The Morgan fingerprint density at radius 1 is 1.56 bits per heavy atom. The Morgan fingerprint density at radius 2 is 2.39 bits per heavy atom. The molecule has 1 fully saturated rings. The third-order valence-electron chi connectivity index (χ3n) is 3.24. The topological polar surface area (TPSA) is 64.8 Å². The van der Waals surface area contributed by atoms with E-state index >= 15 is 0 Å². The summed E-state index contributed by atoms with van der Waals surface area (Å²) in [5, 5.41) is 0. The van der Waals surface area contributed by atoms with Crippen molar-refractivity contribution in [2.45, 2.75) is 18.9 Å². The molecule has 2 N–H and O–H groups in total. The van der Waals surface area contributed by atoms with Crippen LogP contribution in [0.3, 0.4) is 0 Å². The molecular formula is C13H18N2O3. The van der Waals surface area contributed by atoms with E-state index in [1.54, 1.807) is 19.2 Å². The van der Waals surface area contributed by atoms with Crippen molar-refractivity contribution >= 4 is 5.91 Å². The molecule has 1 aliphatic heterocycles. The molecule has 0 aromatic heterocycles. The SMILES string of the molecule is COc1cccc(C(=O)N2CCCC2CON)c1. The molecule has 1 atom stereocenters. The second-order valence-corrected chi connectivity index (χ2v) is 4.36. The van der Waals surface area contributed by atoms with Gasteiger partial charge in [-0.1, -0.05) is 6.07 Å². The zero-order valence-electron chi connectivity index (χ0n) is 10.5. The van der Waals surface area contributed by atoms with E-state index in [4.69, 9.17) is 10.6 Å². The lowest BCUT2D eigenvalue weighted by atomic mass is 10.1. The van der Waals surface area contributed by atoms with Crippen molar-refractivity contribution in [3.63, 3.8) is 0 Å². The maximum atomic E-state index is 12.4. The third kappa shape index (κ3) is 2.63. The van der Waals surface area contributed by atoms with Crippen LogP contribution < -0.4 is 10.6 Å². The molecule has 1 aliphatic rings. The number of hydrogen-bond acceptors (Lipinski definition) is 4. The maximum Gasteiger partial charge on any atom is 0.254 e. The molecule has 0 spiro atoms. The van der Waals surface area contributed by atoms with Crippen LogP contribution in [0.4, 0.5) is 0 Å². The smallest absolute Gasteiger partial charge is 0.254 e. The fraction of sp³-hybridized carbons (Fsp3) is 0.462. The second-order valence-electron chi connectivity index (χ2n) is 4.36. The van der Waals surface area contributed by atoms with Crippen LogP contribution in [-0.2, 0) is 4.84 Å². The van der Waals surface area contributed by atoms with E-state index < -0.39 is 0 Å². The van der Waals surface area contributed by atoms with E-state index in [0.717, 1.165) is 19.4 Å². The largest absolute Gasteiger partial charge is 0.497 e. The van der Waals surface area contributed by atoms with Gasteiger partial charge in [-0.3, -0.25) is 4.79 Å². The Kier molecular flexibility index (Phi) is 4.17. The number of benzene rings is 1. The van der Waals surface area contributed by atoms with Gasteiger partial charge in [-0.25, -0.2) is 5.90 Å². The predicted molar refractivity (Wildman–Crippen MR) is 67.2 cm³/mol. The van der Waals surface area contributed by atoms with Gasteiger partial charge < -0.3 is 14.5 Å². The molecule has 0 bridgehead atoms. The van der Waals surface area contributed by atoms with Crippen molar-refractivity contribution in [3.05, 3.63) is 29.8 Å². The Balaban J connectivity index is 2.14.